The quantitative estimate of drug-likeness (QED) is 0.750. The summed E-state index contributed by atoms with van der Waals surface area (Å²) in [5, 5.41) is -0.0430. The van der Waals surface area contributed by atoms with Crippen LogP contribution < -0.4 is 9.47 Å². The molecule has 1 rings (SSSR count). The van der Waals surface area contributed by atoms with Gasteiger partial charge in [-0.25, -0.2) is 4.39 Å². The van der Waals surface area contributed by atoms with Crippen molar-refractivity contribution in [3.8, 4) is 11.5 Å². The Balaban J connectivity index is 3.25. The van der Waals surface area contributed by atoms with Crippen LogP contribution in [-0.4, -0.2) is 20.5 Å². The molecule has 0 saturated carbocycles. The van der Waals surface area contributed by atoms with Gasteiger partial charge in [0.1, 0.15) is 6.29 Å². The topological polar surface area (TPSA) is 35.5 Å². The molecule has 0 atom stereocenters. The molecule has 0 aliphatic carbocycles. The molecule has 16 heavy (non-hydrogen) atoms. The van der Waals surface area contributed by atoms with E-state index in [1.165, 1.54) is 20.3 Å². The highest BCUT2D eigenvalue weighted by atomic mass is 35.5. The fourth-order valence-corrected chi connectivity index (χ4v) is 1.66. The van der Waals surface area contributed by atoms with E-state index in [-0.39, 0.29) is 16.5 Å². The van der Waals surface area contributed by atoms with Crippen LogP contribution in [0.3, 0.4) is 0 Å². The Bertz CT molecular complexity index is 393. The molecular formula is C11H12ClFO3. The third-order valence-corrected chi connectivity index (χ3v) is 2.42. The molecule has 0 amide bonds. The summed E-state index contributed by atoms with van der Waals surface area (Å²) >= 11 is 5.71. The number of aryl methyl sites for hydroxylation is 1. The van der Waals surface area contributed by atoms with Gasteiger partial charge in [-0.1, -0.05) is 11.6 Å². The zero-order valence-corrected chi connectivity index (χ0v) is 9.81. The van der Waals surface area contributed by atoms with Crippen LogP contribution in [-0.2, 0) is 11.2 Å². The first-order valence-corrected chi connectivity index (χ1v) is 5.06. The van der Waals surface area contributed by atoms with Gasteiger partial charge >= 0.3 is 0 Å². The van der Waals surface area contributed by atoms with Crippen LogP contribution in [0.2, 0.25) is 5.02 Å². The van der Waals surface area contributed by atoms with Gasteiger partial charge in [-0.2, -0.15) is 0 Å². The molecule has 0 aromatic heterocycles. The number of ether oxygens (including phenoxy) is 2. The molecule has 1 aromatic rings. The maximum atomic E-state index is 13.5. The van der Waals surface area contributed by atoms with Crippen LogP contribution in [0, 0.1) is 5.82 Å². The van der Waals surface area contributed by atoms with Gasteiger partial charge in [0.15, 0.2) is 17.3 Å². The second kappa shape index (κ2) is 5.70. The summed E-state index contributed by atoms with van der Waals surface area (Å²) < 4.78 is 23.5. The molecular weight excluding hydrogens is 235 g/mol. The largest absolute Gasteiger partial charge is 0.492 e. The van der Waals surface area contributed by atoms with Crippen molar-refractivity contribution >= 4 is 17.9 Å². The van der Waals surface area contributed by atoms with Crippen molar-refractivity contribution in [2.45, 2.75) is 12.8 Å². The molecule has 0 fully saturated rings. The number of carbonyl (C=O) groups excluding carboxylic acids is 1. The lowest BCUT2D eigenvalue weighted by Gasteiger charge is -2.13. The first-order chi connectivity index (χ1) is 7.65. The first kappa shape index (κ1) is 12.8. The summed E-state index contributed by atoms with van der Waals surface area (Å²) in [6, 6.07) is 1.45. The number of aldehydes is 1. The van der Waals surface area contributed by atoms with E-state index in [9.17, 15) is 9.18 Å². The van der Waals surface area contributed by atoms with Crippen LogP contribution >= 0.6 is 11.6 Å². The average Bonchev–Trinajstić information content (AvgIpc) is 2.29. The highest BCUT2D eigenvalue weighted by molar-refractivity contribution is 6.31. The van der Waals surface area contributed by atoms with Gasteiger partial charge in [-0.3, -0.25) is 0 Å². The van der Waals surface area contributed by atoms with Gasteiger partial charge in [0.25, 0.3) is 0 Å². The molecule has 0 N–H and O–H groups in total. The number of carbonyl (C=O) groups is 1. The average molecular weight is 247 g/mol. The van der Waals surface area contributed by atoms with Crippen LogP contribution in [0.4, 0.5) is 4.39 Å². The first-order valence-electron chi connectivity index (χ1n) is 4.68. The molecule has 0 unspecified atom stereocenters. The lowest BCUT2D eigenvalue weighted by molar-refractivity contribution is -0.107. The third-order valence-electron chi connectivity index (χ3n) is 2.15. The summed E-state index contributed by atoms with van der Waals surface area (Å²) in [6.45, 7) is 0. The maximum absolute atomic E-state index is 13.5. The summed E-state index contributed by atoms with van der Waals surface area (Å²) in [4.78, 5) is 10.3. The van der Waals surface area contributed by atoms with E-state index in [0.29, 0.717) is 18.4 Å². The predicted molar refractivity (Wildman–Crippen MR) is 58.9 cm³/mol. The van der Waals surface area contributed by atoms with E-state index in [0.717, 1.165) is 6.29 Å². The lowest BCUT2D eigenvalue weighted by atomic mass is 10.1. The Morgan fingerprint density at radius 1 is 1.38 bits per heavy atom. The molecule has 0 aliphatic rings. The number of rotatable bonds is 5. The Labute approximate surface area is 98.1 Å². The number of benzene rings is 1. The Kier molecular flexibility index (Phi) is 4.55. The van der Waals surface area contributed by atoms with Crippen LogP contribution in [0.5, 0.6) is 11.5 Å². The molecule has 0 radical (unpaired) electrons. The van der Waals surface area contributed by atoms with Crippen LogP contribution in [0.25, 0.3) is 0 Å². The number of methoxy groups -OCH3 is 2. The van der Waals surface area contributed by atoms with Gasteiger partial charge < -0.3 is 14.3 Å². The van der Waals surface area contributed by atoms with Gasteiger partial charge in [-0.15, -0.1) is 0 Å². The van der Waals surface area contributed by atoms with Crippen molar-refractivity contribution < 1.29 is 18.7 Å². The second-order valence-corrected chi connectivity index (χ2v) is 3.51. The van der Waals surface area contributed by atoms with E-state index in [1.54, 1.807) is 0 Å². The van der Waals surface area contributed by atoms with Crippen molar-refractivity contribution in [2.24, 2.45) is 0 Å². The summed E-state index contributed by atoms with van der Waals surface area (Å²) in [5.41, 5.74) is 0.651. The summed E-state index contributed by atoms with van der Waals surface area (Å²) in [5.74, 6) is -0.405. The highest BCUT2D eigenvalue weighted by Crippen LogP contribution is 2.38. The van der Waals surface area contributed by atoms with Crippen molar-refractivity contribution in [1.82, 2.24) is 0 Å². The minimum atomic E-state index is -0.657. The molecule has 5 heteroatoms. The number of hydrogen-bond donors (Lipinski definition) is 0. The van der Waals surface area contributed by atoms with Crippen molar-refractivity contribution in [3.63, 3.8) is 0 Å². The van der Waals surface area contributed by atoms with E-state index in [2.05, 4.69) is 0 Å². The smallest absolute Gasteiger partial charge is 0.198 e. The third kappa shape index (κ3) is 2.44. The molecule has 0 bridgehead atoms. The van der Waals surface area contributed by atoms with Crippen molar-refractivity contribution in [1.29, 1.82) is 0 Å². The SMILES string of the molecule is COc1c(CCC=O)cc(Cl)c(F)c1OC. The van der Waals surface area contributed by atoms with Gasteiger partial charge in [0.2, 0.25) is 0 Å². The molecule has 1 aromatic carbocycles. The Morgan fingerprint density at radius 3 is 2.50 bits per heavy atom. The van der Waals surface area contributed by atoms with Crippen molar-refractivity contribution in [2.75, 3.05) is 14.2 Å². The van der Waals surface area contributed by atoms with Gasteiger partial charge in [0.05, 0.1) is 19.2 Å². The zero-order chi connectivity index (χ0) is 12.1. The fourth-order valence-electron chi connectivity index (χ4n) is 1.44. The van der Waals surface area contributed by atoms with E-state index < -0.39 is 5.82 Å². The molecule has 3 nitrogen and oxygen atoms in total. The molecule has 0 heterocycles. The fraction of sp³-hybridized carbons (Fsp3) is 0.364. The highest BCUT2D eigenvalue weighted by Gasteiger charge is 2.18. The normalized spacial score (nSPS) is 10.0. The maximum Gasteiger partial charge on any atom is 0.198 e. The molecule has 0 saturated heterocycles. The van der Waals surface area contributed by atoms with E-state index >= 15 is 0 Å². The van der Waals surface area contributed by atoms with Crippen LogP contribution in [0.15, 0.2) is 6.07 Å². The summed E-state index contributed by atoms with van der Waals surface area (Å²) in [7, 11) is 2.75. The van der Waals surface area contributed by atoms with Crippen LogP contribution in [0.1, 0.15) is 12.0 Å². The summed E-state index contributed by atoms with van der Waals surface area (Å²) in [6.07, 6.45) is 1.54. The lowest BCUT2D eigenvalue weighted by Crippen LogP contribution is -2.00. The molecule has 0 spiro atoms. The predicted octanol–water partition coefficient (Wildman–Crippen LogP) is 2.63. The standard InChI is InChI=1S/C11H12ClFO3/c1-15-10-7(4-3-5-14)6-8(12)9(13)11(10)16-2/h5-6H,3-4H2,1-2H3. The van der Waals surface area contributed by atoms with Crippen molar-refractivity contribution in [3.05, 3.63) is 22.5 Å². The molecule has 88 valence electrons. The minimum Gasteiger partial charge on any atom is -0.492 e. The Morgan fingerprint density at radius 2 is 2.00 bits per heavy atom. The number of hydrogen-bond acceptors (Lipinski definition) is 3. The van der Waals surface area contributed by atoms with Gasteiger partial charge in [0, 0.05) is 12.0 Å². The second-order valence-electron chi connectivity index (χ2n) is 3.10. The van der Waals surface area contributed by atoms with Gasteiger partial charge in [-0.05, 0) is 12.5 Å². The van der Waals surface area contributed by atoms with E-state index in [4.69, 9.17) is 21.1 Å². The minimum absolute atomic E-state index is 0.0316. The molecule has 0 aliphatic heterocycles. The van der Waals surface area contributed by atoms with E-state index in [1.807, 2.05) is 0 Å². The Hall–Kier alpha value is -1.29. The number of halogens is 2. The monoisotopic (exact) mass is 246 g/mol. The zero-order valence-electron chi connectivity index (χ0n) is 9.05.